The number of hydrogen-bond donors (Lipinski definition) is 1. The van der Waals surface area contributed by atoms with E-state index in [1.807, 2.05) is 0 Å². The summed E-state index contributed by atoms with van der Waals surface area (Å²) in [6.07, 6.45) is 11.0. The largest absolute Gasteiger partial charge is 0.497 e. The maximum atomic E-state index is 12.1. The van der Waals surface area contributed by atoms with Crippen LogP contribution in [-0.2, 0) is 10.0 Å². The molecule has 5 heteroatoms. The molecule has 132 valence electrons. The summed E-state index contributed by atoms with van der Waals surface area (Å²) in [5, 5.41) is 0. The lowest BCUT2D eigenvalue weighted by Crippen LogP contribution is -2.24. The molecule has 1 aromatic carbocycles. The SMILES string of the molecule is CCCCCCCCCCCNS(=O)(=O)c1ccc(OC)cc1. The molecule has 0 aliphatic rings. The molecule has 0 radical (unpaired) electrons. The zero-order chi connectivity index (χ0) is 17.0. The molecule has 0 atom stereocenters. The van der Waals surface area contributed by atoms with Crippen molar-refractivity contribution in [1.29, 1.82) is 0 Å². The fourth-order valence-electron chi connectivity index (χ4n) is 2.48. The van der Waals surface area contributed by atoms with Crippen LogP contribution in [0.15, 0.2) is 29.2 Å². The van der Waals surface area contributed by atoms with Crippen molar-refractivity contribution in [2.75, 3.05) is 13.7 Å². The highest BCUT2D eigenvalue weighted by Crippen LogP contribution is 2.15. The van der Waals surface area contributed by atoms with Crippen LogP contribution in [0, 0.1) is 0 Å². The third-order valence-electron chi connectivity index (χ3n) is 3.94. The fourth-order valence-corrected chi connectivity index (χ4v) is 3.55. The van der Waals surface area contributed by atoms with Crippen LogP contribution >= 0.6 is 0 Å². The van der Waals surface area contributed by atoms with Gasteiger partial charge < -0.3 is 4.74 Å². The topological polar surface area (TPSA) is 55.4 Å². The minimum Gasteiger partial charge on any atom is -0.497 e. The van der Waals surface area contributed by atoms with Crippen LogP contribution in [0.1, 0.15) is 64.7 Å². The molecule has 0 spiro atoms. The number of sulfonamides is 1. The molecule has 23 heavy (non-hydrogen) atoms. The second kappa shape index (κ2) is 11.5. The lowest BCUT2D eigenvalue weighted by molar-refractivity contribution is 0.414. The quantitative estimate of drug-likeness (QED) is 0.537. The normalized spacial score (nSPS) is 11.6. The number of methoxy groups -OCH3 is 1. The number of hydrogen-bond acceptors (Lipinski definition) is 3. The van der Waals surface area contributed by atoms with Gasteiger partial charge in [0.25, 0.3) is 0 Å². The van der Waals surface area contributed by atoms with E-state index in [4.69, 9.17) is 4.74 Å². The Kier molecular flexibility index (Phi) is 9.96. The Balaban J connectivity index is 2.14. The standard InChI is InChI=1S/C18H31NO3S/c1-3-4-5-6-7-8-9-10-11-16-19-23(20,21)18-14-12-17(22-2)13-15-18/h12-15,19H,3-11,16H2,1-2H3. The zero-order valence-electron chi connectivity index (χ0n) is 14.5. The molecule has 0 aliphatic heterocycles. The zero-order valence-corrected chi connectivity index (χ0v) is 15.3. The summed E-state index contributed by atoms with van der Waals surface area (Å²) >= 11 is 0. The maximum absolute atomic E-state index is 12.1. The molecule has 4 nitrogen and oxygen atoms in total. The van der Waals surface area contributed by atoms with Gasteiger partial charge in [0.15, 0.2) is 0 Å². The average Bonchev–Trinajstić information content (AvgIpc) is 2.56. The van der Waals surface area contributed by atoms with Crippen molar-refractivity contribution in [2.45, 2.75) is 69.6 Å². The number of benzene rings is 1. The molecule has 0 aliphatic carbocycles. The van der Waals surface area contributed by atoms with Crippen molar-refractivity contribution < 1.29 is 13.2 Å². The first-order valence-electron chi connectivity index (χ1n) is 8.74. The Bertz CT molecular complexity index is 512. The van der Waals surface area contributed by atoms with Crippen LogP contribution in [0.3, 0.4) is 0 Å². The van der Waals surface area contributed by atoms with E-state index in [1.54, 1.807) is 31.4 Å². The third-order valence-corrected chi connectivity index (χ3v) is 5.42. The Labute approximate surface area is 141 Å². The molecule has 0 aromatic heterocycles. The van der Waals surface area contributed by atoms with E-state index in [-0.39, 0.29) is 4.90 Å². The minimum atomic E-state index is -3.40. The number of rotatable bonds is 13. The molecule has 1 N–H and O–H groups in total. The molecule has 0 amide bonds. The molecular formula is C18H31NO3S. The van der Waals surface area contributed by atoms with E-state index in [2.05, 4.69) is 11.6 Å². The molecule has 0 unspecified atom stereocenters. The first-order valence-corrected chi connectivity index (χ1v) is 10.2. The molecule has 0 saturated carbocycles. The summed E-state index contributed by atoms with van der Waals surface area (Å²) in [5.41, 5.74) is 0. The fraction of sp³-hybridized carbons (Fsp3) is 0.667. The Morgan fingerprint density at radius 2 is 1.39 bits per heavy atom. The van der Waals surface area contributed by atoms with Crippen LogP contribution < -0.4 is 9.46 Å². The van der Waals surface area contributed by atoms with Gasteiger partial charge in [-0.15, -0.1) is 0 Å². The van der Waals surface area contributed by atoms with Crippen LogP contribution in [0.2, 0.25) is 0 Å². The predicted octanol–water partition coefficient (Wildman–Crippen LogP) is 4.50. The molecule has 0 bridgehead atoms. The third kappa shape index (κ3) is 8.37. The van der Waals surface area contributed by atoms with Crippen molar-refractivity contribution >= 4 is 10.0 Å². The van der Waals surface area contributed by atoms with Gasteiger partial charge in [0.1, 0.15) is 5.75 Å². The van der Waals surface area contributed by atoms with Crippen molar-refractivity contribution in [2.24, 2.45) is 0 Å². The van der Waals surface area contributed by atoms with Gasteiger partial charge >= 0.3 is 0 Å². The van der Waals surface area contributed by atoms with Gasteiger partial charge in [0.05, 0.1) is 12.0 Å². The molecule has 1 aromatic rings. The highest BCUT2D eigenvalue weighted by Gasteiger charge is 2.12. The first kappa shape index (κ1) is 20.0. The summed E-state index contributed by atoms with van der Waals surface area (Å²) in [4.78, 5) is 0.286. The molecule has 0 saturated heterocycles. The molecule has 0 heterocycles. The molecule has 0 fully saturated rings. The predicted molar refractivity (Wildman–Crippen MR) is 95.4 cm³/mol. The van der Waals surface area contributed by atoms with Crippen molar-refractivity contribution in [3.8, 4) is 5.75 Å². The summed E-state index contributed by atoms with van der Waals surface area (Å²) in [7, 11) is -1.84. The van der Waals surface area contributed by atoms with Gasteiger partial charge in [-0.3, -0.25) is 0 Å². The van der Waals surface area contributed by atoms with Crippen molar-refractivity contribution in [3.63, 3.8) is 0 Å². The van der Waals surface area contributed by atoms with Gasteiger partial charge in [-0.2, -0.15) is 0 Å². The van der Waals surface area contributed by atoms with Crippen molar-refractivity contribution in [3.05, 3.63) is 24.3 Å². The van der Waals surface area contributed by atoms with Crippen LogP contribution in [0.25, 0.3) is 0 Å². The number of nitrogens with one attached hydrogen (secondary N) is 1. The van der Waals surface area contributed by atoms with E-state index in [9.17, 15) is 8.42 Å². The van der Waals surface area contributed by atoms with Gasteiger partial charge in [-0.25, -0.2) is 13.1 Å². The van der Waals surface area contributed by atoms with Gasteiger partial charge in [0, 0.05) is 6.54 Å². The summed E-state index contributed by atoms with van der Waals surface area (Å²) in [6.45, 7) is 2.73. The Hall–Kier alpha value is -1.07. The van der Waals surface area contributed by atoms with E-state index in [0.717, 1.165) is 12.8 Å². The van der Waals surface area contributed by atoms with E-state index < -0.39 is 10.0 Å². The van der Waals surface area contributed by atoms with Crippen LogP contribution in [0.5, 0.6) is 5.75 Å². The second-order valence-corrected chi connectivity index (χ2v) is 7.67. The lowest BCUT2D eigenvalue weighted by Gasteiger charge is -2.07. The van der Waals surface area contributed by atoms with E-state index in [0.29, 0.717) is 12.3 Å². The second-order valence-electron chi connectivity index (χ2n) is 5.90. The number of ether oxygens (including phenoxy) is 1. The summed E-state index contributed by atoms with van der Waals surface area (Å²) in [5.74, 6) is 0.655. The summed E-state index contributed by atoms with van der Waals surface area (Å²) in [6, 6.07) is 6.45. The first-order chi connectivity index (χ1) is 11.1. The average molecular weight is 342 g/mol. The van der Waals surface area contributed by atoms with Crippen LogP contribution in [-0.4, -0.2) is 22.1 Å². The highest BCUT2D eigenvalue weighted by molar-refractivity contribution is 7.89. The van der Waals surface area contributed by atoms with E-state index in [1.165, 1.54) is 44.9 Å². The van der Waals surface area contributed by atoms with Crippen molar-refractivity contribution in [1.82, 2.24) is 4.72 Å². The summed E-state index contributed by atoms with van der Waals surface area (Å²) < 4.78 is 31.9. The van der Waals surface area contributed by atoms with Gasteiger partial charge in [0.2, 0.25) is 10.0 Å². The van der Waals surface area contributed by atoms with Gasteiger partial charge in [-0.1, -0.05) is 58.3 Å². The van der Waals surface area contributed by atoms with E-state index >= 15 is 0 Å². The monoisotopic (exact) mass is 341 g/mol. The molecule has 1 rings (SSSR count). The highest BCUT2D eigenvalue weighted by atomic mass is 32.2. The van der Waals surface area contributed by atoms with Crippen LogP contribution in [0.4, 0.5) is 0 Å². The minimum absolute atomic E-state index is 0.286. The smallest absolute Gasteiger partial charge is 0.240 e. The number of unbranched alkanes of at least 4 members (excludes halogenated alkanes) is 8. The Morgan fingerprint density at radius 1 is 0.870 bits per heavy atom. The Morgan fingerprint density at radius 3 is 1.91 bits per heavy atom. The van der Waals surface area contributed by atoms with Gasteiger partial charge in [-0.05, 0) is 30.7 Å². The lowest BCUT2D eigenvalue weighted by atomic mass is 10.1. The maximum Gasteiger partial charge on any atom is 0.240 e. The molecular weight excluding hydrogens is 310 g/mol.